The van der Waals surface area contributed by atoms with Crippen LogP contribution in [0.4, 0.5) is 5.82 Å². The van der Waals surface area contributed by atoms with Crippen LogP contribution in [-0.2, 0) is 4.74 Å². The molecule has 0 amide bonds. The summed E-state index contributed by atoms with van der Waals surface area (Å²) in [7, 11) is 0. The topological polar surface area (TPSA) is 38.2 Å². The second-order valence-electron chi connectivity index (χ2n) is 4.23. The number of rotatable bonds is 3. The van der Waals surface area contributed by atoms with E-state index >= 15 is 0 Å². The summed E-state index contributed by atoms with van der Waals surface area (Å²) in [6.45, 7) is 6.60. The number of hydrogen-bond acceptors (Lipinski definition) is 4. The van der Waals surface area contributed by atoms with Crippen molar-refractivity contribution < 1.29 is 4.74 Å². The highest BCUT2D eigenvalue weighted by Gasteiger charge is 2.22. The highest BCUT2D eigenvalue weighted by Crippen LogP contribution is 2.22. The lowest BCUT2D eigenvalue weighted by molar-refractivity contribution is 0.0845. The zero-order valence-corrected chi connectivity index (χ0v) is 11.1. The van der Waals surface area contributed by atoms with Crippen molar-refractivity contribution in [3.63, 3.8) is 0 Å². The quantitative estimate of drug-likeness (QED) is 0.778. The van der Waals surface area contributed by atoms with Crippen LogP contribution < -0.4 is 4.90 Å². The van der Waals surface area contributed by atoms with E-state index in [2.05, 4.69) is 21.8 Å². The summed E-state index contributed by atoms with van der Waals surface area (Å²) < 4.78 is 5.39. The molecule has 0 unspecified atom stereocenters. The molecule has 5 heteroatoms. The SMILES string of the molecule is CCN(c1cc(Cl)nc(C)n1)C1CCOCC1. The van der Waals surface area contributed by atoms with E-state index in [0.29, 0.717) is 11.2 Å². The Morgan fingerprint density at radius 3 is 2.71 bits per heavy atom. The third-order valence-electron chi connectivity index (χ3n) is 3.06. The van der Waals surface area contributed by atoms with Gasteiger partial charge >= 0.3 is 0 Å². The largest absolute Gasteiger partial charge is 0.381 e. The molecular weight excluding hydrogens is 238 g/mol. The van der Waals surface area contributed by atoms with E-state index in [1.165, 1.54) is 0 Å². The molecule has 0 bridgehead atoms. The number of aryl methyl sites for hydroxylation is 1. The normalized spacial score (nSPS) is 17.1. The Labute approximate surface area is 107 Å². The Balaban J connectivity index is 2.21. The molecule has 0 atom stereocenters. The second-order valence-corrected chi connectivity index (χ2v) is 4.61. The maximum Gasteiger partial charge on any atom is 0.134 e. The minimum absolute atomic E-state index is 0.499. The van der Waals surface area contributed by atoms with Crippen LogP contribution in [0.1, 0.15) is 25.6 Å². The van der Waals surface area contributed by atoms with Gasteiger partial charge in [0.15, 0.2) is 0 Å². The minimum atomic E-state index is 0.499. The number of halogens is 1. The van der Waals surface area contributed by atoms with Gasteiger partial charge in [-0.1, -0.05) is 11.6 Å². The van der Waals surface area contributed by atoms with E-state index in [0.717, 1.165) is 44.2 Å². The molecule has 1 aliphatic heterocycles. The summed E-state index contributed by atoms with van der Waals surface area (Å²) in [5.74, 6) is 1.65. The van der Waals surface area contributed by atoms with Crippen molar-refractivity contribution in [2.45, 2.75) is 32.7 Å². The van der Waals surface area contributed by atoms with E-state index in [1.54, 1.807) is 0 Å². The van der Waals surface area contributed by atoms with Crippen LogP contribution in [0.15, 0.2) is 6.07 Å². The van der Waals surface area contributed by atoms with Crippen LogP contribution in [0.5, 0.6) is 0 Å². The molecule has 0 N–H and O–H groups in total. The highest BCUT2D eigenvalue weighted by atomic mass is 35.5. The first kappa shape index (κ1) is 12.6. The standard InChI is InChI=1S/C12H18ClN3O/c1-3-16(10-4-6-17-7-5-10)12-8-11(13)14-9(2)15-12/h8,10H,3-7H2,1-2H3. The van der Waals surface area contributed by atoms with Gasteiger partial charge in [0.05, 0.1) is 0 Å². The van der Waals surface area contributed by atoms with Crippen molar-refractivity contribution in [1.82, 2.24) is 9.97 Å². The molecule has 2 rings (SSSR count). The van der Waals surface area contributed by atoms with Gasteiger partial charge in [-0.3, -0.25) is 0 Å². The Bertz CT molecular complexity index is 360. The van der Waals surface area contributed by atoms with Gasteiger partial charge in [0.25, 0.3) is 0 Å². The maximum atomic E-state index is 5.99. The average Bonchev–Trinajstić information content (AvgIpc) is 2.30. The molecule has 0 aromatic carbocycles. The van der Waals surface area contributed by atoms with E-state index in [9.17, 15) is 0 Å². The van der Waals surface area contributed by atoms with Crippen LogP contribution >= 0.6 is 11.6 Å². The maximum absolute atomic E-state index is 5.99. The molecule has 2 heterocycles. The zero-order valence-electron chi connectivity index (χ0n) is 10.3. The molecule has 1 aliphatic rings. The van der Waals surface area contributed by atoms with Gasteiger partial charge in [0.1, 0.15) is 16.8 Å². The fourth-order valence-corrected chi connectivity index (χ4v) is 2.49. The zero-order chi connectivity index (χ0) is 12.3. The van der Waals surface area contributed by atoms with Gasteiger partial charge in [-0.2, -0.15) is 0 Å². The molecule has 0 spiro atoms. The van der Waals surface area contributed by atoms with Crippen LogP contribution in [0.2, 0.25) is 5.15 Å². The molecule has 1 saturated heterocycles. The summed E-state index contributed by atoms with van der Waals surface area (Å²) in [4.78, 5) is 10.9. The number of hydrogen-bond donors (Lipinski definition) is 0. The summed E-state index contributed by atoms with van der Waals surface area (Å²) in [6, 6.07) is 2.34. The van der Waals surface area contributed by atoms with Crippen molar-refractivity contribution in [3.8, 4) is 0 Å². The van der Waals surface area contributed by atoms with Crippen molar-refractivity contribution in [2.24, 2.45) is 0 Å². The number of aromatic nitrogens is 2. The summed E-state index contributed by atoms with van der Waals surface area (Å²) >= 11 is 5.99. The number of ether oxygens (including phenoxy) is 1. The number of anilines is 1. The molecular formula is C12H18ClN3O. The molecule has 4 nitrogen and oxygen atoms in total. The summed E-state index contributed by atoms with van der Waals surface area (Å²) in [6.07, 6.45) is 2.10. The van der Waals surface area contributed by atoms with Crippen molar-refractivity contribution in [3.05, 3.63) is 17.0 Å². The molecule has 1 aromatic heterocycles. The first-order valence-corrected chi connectivity index (χ1v) is 6.44. The van der Waals surface area contributed by atoms with Gasteiger partial charge in [-0.25, -0.2) is 9.97 Å². The Morgan fingerprint density at radius 2 is 2.12 bits per heavy atom. The summed E-state index contributed by atoms with van der Waals surface area (Å²) in [5, 5.41) is 0.512. The van der Waals surface area contributed by atoms with Gasteiger partial charge < -0.3 is 9.64 Å². The Hall–Kier alpha value is -0.870. The average molecular weight is 256 g/mol. The molecule has 17 heavy (non-hydrogen) atoms. The highest BCUT2D eigenvalue weighted by molar-refractivity contribution is 6.29. The van der Waals surface area contributed by atoms with Gasteiger partial charge in [0, 0.05) is 31.9 Å². The van der Waals surface area contributed by atoms with Crippen molar-refractivity contribution >= 4 is 17.4 Å². The first-order valence-electron chi connectivity index (χ1n) is 6.06. The molecule has 1 fully saturated rings. The lowest BCUT2D eigenvalue weighted by atomic mass is 10.1. The van der Waals surface area contributed by atoms with Gasteiger partial charge in [0.2, 0.25) is 0 Å². The first-order chi connectivity index (χ1) is 8.20. The van der Waals surface area contributed by atoms with E-state index in [-0.39, 0.29) is 0 Å². The van der Waals surface area contributed by atoms with Gasteiger partial charge in [-0.05, 0) is 26.7 Å². The van der Waals surface area contributed by atoms with Crippen LogP contribution in [0, 0.1) is 6.92 Å². The molecule has 0 radical (unpaired) electrons. The number of nitrogens with zero attached hydrogens (tertiary/aromatic N) is 3. The fourth-order valence-electron chi connectivity index (χ4n) is 2.27. The summed E-state index contributed by atoms with van der Waals surface area (Å²) in [5.41, 5.74) is 0. The van der Waals surface area contributed by atoms with Crippen LogP contribution in [0.3, 0.4) is 0 Å². The van der Waals surface area contributed by atoms with Crippen molar-refractivity contribution in [1.29, 1.82) is 0 Å². The van der Waals surface area contributed by atoms with E-state index in [1.807, 2.05) is 13.0 Å². The monoisotopic (exact) mass is 255 g/mol. The van der Waals surface area contributed by atoms with Gasteiger partial charge in [-0.15, -0.1) is 0 Å². The van der Waals surface area contributed by atoms with Crippen LogP contribution in [-0.4, -0.2) is 35.8 Å². The Kier molecular flexibility index (Phi) is 4.18. The lowest BCUT2D eigenvalue weighted by Crippen LogP contribution is -2.40. The third-order valence-corrected chi connectivity index (χ3v) is 3.25. The van der Waals surface area contributed by atoms with Crippen LogP contribution in [0.25, 0.3) is 0 Å². The second kappa shape index (κ2) is 5.65. The predicted octanol–water partition coefficient (Wildman–Crippen LogP) is 2.44. The molecule has 0 saturated carbocycles. The Morgan fingerprint density at radius 1 is 1.41 bits per heavy atom. The smallest absolute Gasteiger partial charge is 0.134 e. The molecule has 0 aliphatic carbocycles. The van der Waals surface area contributed by atoms with Crippen molar-refractivity contribution in [2.75, 3.05) is 24.7 Å². The molecule has 94 valence electrons. The predicted molar refractivity (Wildman–Crippen MR) is 68.6 cm³/mol. The fraction of sp³-hybridized carbons (Fsp3) is 0.667. The molecule has 1 aromatic rings. The lowest BCUT2D eigenvalue weighted by Gasteiger charge is -2.34. The third kappa shape index (κ3) is 3.07. The van der Waals surface area contributed by atoms with E-state index in [4.69, 9.17) is 16.3 Å². The minimum Gasteiger partial charge on any atom is -0.381 e. The van der Waals surface area contributed by atoms with E-state index < -0.39 is 0 Å².